The molecule has 6 nitrogen and oxygen atoms in total. The Bertz CT molecular complexity index is 834. The van der Waals surface area contributed by atoms with Crippen LogP contribution in [0.15, 0.2) is 48.2 Å². The molecule has 28 heavy (non-hydrogen) atoms. The fourth-order valence-electron chi connectivity index (χ4n) is 4.79. The minimum Gasteiger partial charge on any atom is -0.341 e. The Morgan fingerprint density at radius 1 is 1.25 bits per heavy atom. The summed E-state index contributed by atoms with van der Waals surface area (Å²) in [5.41, 5.74) is 0.958. The van der Waals surface area contributed by atoms with Gasteiger partial charge in [-0.1, -0.05) is 55.8 Å². The number of benzene rings is 1. The van der Waals surface area contributed by atoms with Gasteiger partial charge in [-0.3, -0.25) is 14.5 Å². The van der Waals surface area contributed by atoms with Gasteiger partial charge < -0.3 is 15.2 Å². The number of allylic oxidation sites excluding steroid dienone is 1. The van der Waals surface area contributed by atoms with Gasteiger partial charge in [-0.25, -0.2) is 0 Å². The molecule has 5 atom stereocenters. The Hall–Kier alpha value is -2.44. The van der Waals surface area contributed by atoms with Crippen molar-refractivity contribution >= 4 is 17.9 Å². The quantitative estimate of drug-likeness (QED) is 0.608. The van der Waals surface area contributed by atoms with E-state index in [1.54, 1.807) is 6.08 Å². The summed E-state index contributed by atoms with van der Waals surface area (Å²) in [5, 5.41) is 13.7. The van der Waals surface area contributed by atoms with Crippen LogP contribution in [0.5, 0.6) is 0 Å². The first-order valence-corrected chi connectivity index (χ1v) is 9.90. The number of piperazine rings is 1. The summed E-state index contributed by atoms with van der Waals surface area (Å²) >= 11 is 0. The van der Waals surface area contributed by atoms with E-state index in [0.717, 1.165) is 24.8 Å². The van der Waals surface area contributed by atoms with Crippen molar-refractivity contribution in [2.24, 2.45) is 11.8 Å². The molecule has 1 aromatic rings. The van der Waals surface area contributed by atoms with Crippen molar-refractivity contribution in [3.8, 4) is 0 Å². The van der Waals surface area contributed by atoms with Crippen molar-refractivity contribution in [2.45, 2.75) is 51.2 Å². The van der Waals surface area contributed by atoms with Gasteiger partial charge in [-0.2, -0.15) is 0 Å². The highest BCUT2D eigenvalue weighted by Gasteiger charge is 2.62. The molecule has 1 saturated carbocycles. The molecule has 2 amide bonds. The molecule has 6 heteroatoms. The van der Waals surface area contributed by atoms with Crippen LogP contribution in [0, 0.1) is 11.8 Å². The minimum atomic E-state index is -2.29. The second-order valence-electron chi connectivity index (χ2n) is 7.88. The van der Waals surface area contributed by atoms with E-state index < -0.39 is 23.8 Å². The summed E-state index contributed by atoms with van der Waals surface area (Å²) in [7, 11) is 0. The van der Waals surface area contributed by atoms with Crippen LogP contribution in [-0.2, 0) is 14.3 Å². The molecule has 3 fully saturated rings. The summed E-state index contributed by atoms with van der Waals surface area (Å²) in [4.78, 5) is 27.5. The van der Waals surface area contributed by atoms with Gasteiger partial charge in [0.2, 0.25) is 0 Å². The number of carbonyl (C=O) groups is 2. The number of aliphatic hydroxyl groups is 1. The average molecular weight is 382 g/mol. The summed E-state index contributed by atoms with van der Waals surface area (Å²) in [6.07, 6.45) is 7.85. The summed E-state index contributed by atoms with van der Waals surface area (Å²) < 4.78 is 5.85. The van der Waals surface area contributed by atoms with Crippen molar-refractivity contribution in [3.05, 3.63) is 53.7 Å². The summed E-state index contributed by atoms with van der Waals surface area (Å²) in [5.74, 6) is -3.21. The first-order valence-electron chi connectivity index (χ1n) is 9.90. The smallest absolute Gasteiger partial charge is 0.337 e. The standard InChI is InChI=1S/C22H26N2O4/c1-3-8-18-16-12-7-9-14(2)19(16)24-20(25)17(13-15-10-5-4-6-11-15)23-21(26)22(24,27)28-18/h3-6,8,10-11,13-14,16,18-19,27H,7,9,12H2,1-2H3,(H,23,26). The SMILES string of the molecule is CC=CC1OC2(O)C(=O)NC(=Cc3ccccc3)C(=O)N2C2C(C)CCCC12. The van der Waals surface area contributed by atoms with Gasteiger partial charge in [0.1, 0.15) is 5.70 Å². The highest BCUT2D eigenvalue weighted by Crippen LogP contribution is 2.45. The average Bonchev–Trinajstić information content (AvgIpc) is 2.68. The molecule has 1 aliphatic carbocycles. The summed E-state index contributed by atoms with van der Waals surface area (Å²) in [6.45, 7) is 3.96. The molecule has 148 valence electrons. The zero-order valence-electron chi connectivity index (χ0n) is 16.2. The van der Waals surface area contributed by atoms with E-state index in [2.05, 4.69) is 12.2 Å². The molecule has 0 spiro atoms. The maximum atomic E-state index is 13.4. The minimum absolute atomic E-state index is 0.0491. The Kier molecular flexibility index (Phi) is 4.85. The third-order valence-electron chi connectivity index (χ3n) is 6.05. The van der Waals surface area contributed by atoms with Gasteiger partial charge in [0.15, 0.2) is 0 Å². The van der Waals surface area contributed by atoms with Crippen LogP contribution in [0.3, 0.4) is 0 Å². The monoisotopic (exact) mass is 382 g/mol. The van der Waals surface area contributed by atoms with Crippen LogP contribution in [0.4, 0.5) is 0 Å². The molecule has 1 aromatic carbocycles. The van der Waals surface area contributed by atoms with Gasteiger partial charge in [-0.15, -0.1) is 0 Å². The lowest BCUT2D eigenvalue weighted by atomic mass is 9.72. The number of hydrogen-bond acceptors (Lipinski definition) is 4. The molecule has 2 aliphatic heterocycles. The van der Waals surface area contributed by atoms with Gasteiger partial charge in [0.05, 0.1) is 6.10 Å². The number of hydrogen-bond donors (Lipinski definition) is 2. The topological polar surface area (TPSA) is 78.9 Å². The molecule has 5 unspecified atom stereocenters. The summed E-state index contributed by atoms with van der Waals surface area (Å²) in [6, 6.07) is 9.07. The van der Waals surface area contributed by atoms with Gasteiger partial charge >= 0.3 is 11.8 Å². The predicted octanol–water partition coefficient (Wildman–Crippen LogP) is 2.41. The molecule has 4 rings (SSSR count). The van der Waals surface area contributed by atoms with Crippen LogP contribution < -0.4 is 5.32 Å². The van der Waals surface area contributed by atoms with Crippen LogP contribution in [-0.4, -0.2) is 39.9 Å². The predicted molar refractivity (Wildman–Crippen MR) is 104 cm³/mol. The molecule has 2 saturated heterocycles. The second-order valence-corrected chi connectivity index (χ2v) is 7.88. The number of fused-ring (bicyclic) bond motifs is 3. The molecule has 3 aliphatic rings. The van der Waals surface area contributed by atoms with E-state index in [-0.39, 0.29) is 23.6 Å². The van der Waals surface area contributed by atoms with Gasteiger partial charge in [0, 0.05) is 12.0 Å². The van der Waals surface area contributed by atoms with E-state index in [9.17, 15) is 14.7 Å². The van der Waals surface area contributed by atoms with E-state index in [1.807, 2.05) is 49.4 Å². The van der Waals surface area contributed by atoms with Crippen molar-refractivity contribution in [1.82, 2.24) is 10.2 Å². The normalized spacial score (nSPS) is 37.0. The lowest BCUT2D eigenvalue weighted by molar-refractivity contribution is -0.330. The van der Waals surface area contributed by atoms with Crippen LogP contribution >= 0.6 is 0 Å². The van der Waals surface area contributed by atoms with Crippen molar-refractivity contribution in [2.75, 3.05) is 0 Å². The zero-order chi connectivity index (χ0) is 19.9. The number of carbonyl (C=O) groups excluding carboxylic acids is 2. The number of amides is 2. The van der Waals surface area contributed by atoms with Crippen molar-refractivity contribution in [3.63, 3.8) is 0 Å². The number of nitrogens with zero attached hydrogens (tertiary/aromatic N) is 1. The molecular formula is C22H26N2O4. The Morgan fingerprint density at radius 2 is 2.00 bits per heavy atom. The fourth-order valence-corrected chi connectivity index (χ4v) is 4.79. The molecule has 0 radical (unpaired) electrons. The zero-order valence-corrected chi connectivity index (χ0v) is 16.2. The second kappa shape index (κ2) is 7.18. The van der Waals surface area contributed by atoms with E-state index in [0.29, 0.717) is 0 Å². The third-order valence-corrected chi connectivity index (χ3v) is 6.05. The maximum absolute atomic E-state index is 13.4. The Balaban J connectivity index is 1.77. The number of ether oxygens (including phenoxy) is 1. The highest BCUT2D eigenvalue weighted by atomic mass is 16.7. The number of rotatable bonds is 2. The maximum Gasteiger partial charge on any atom is 0.337 e. The largest absolute Gasteiger partial charge is 0.341 e. The van der Waals surface area contributed by atoms with E-state index in [1.165, 1.54) is 4.90 Å². The highest BCUT2D eigenvalue weighted by molar-refractivity contribution is 6.08. The lowest BCUT2D eigenvalue weighted by Crippen LogP contribution is -2.76. The lowest BCUT2D eigenvalue weighted by Gasteiger charge is -2.57. The van der Waals surface area contributed by atoms with Crippen molar-refractivity contribution < 1.29 is 19.4 Å². The third kappa shape index (κ3) is 2.97. The molecule has 2 N–H and O–H groups in total. The number of nitrogens with one attached hydrogen (secondary N) is 1. The van der Waals surface area contributed by atoms with Gasteiger partial charge in [-0.05, 0) is 37.3 Å². The first-order chi connectivity index (χ1) is 13.5. The Morgan fingerprint density at radius 3 is 2.71 bits per heavy atom. The fraction of sp³-hybridized carbons (Fsp3) is 0.455. The van der Waals surface area contributed by atoms with Crippen LogP contribution in [0.2, 0.25) is 0 Å². The molecule has 0 aromatic heterocycles. The van der Waals surface area contributed by atoms with Crippen LogP contribution in [0.1, 0.15) is 38.7 Å². The Labute approximate surface area is 164 Å². The van der Waals surface area contributed by atoms with Crippen LogP contribution in [0.25, 0.3) is 6.08 Å². The van der Waals surface area contributed by atoms with E-state index in [4.69, 9.17) is 4.74 Å². The first kappa shape index (κ1) is 18.9. The molecule has 2 heterocycles. The molecule has 0 bridgehead atoms. The van der Waals surface area contributed by atoms with Crippen molar-refractivity contribution in [1.29, 1.82) is 0 Å². The van der Waals surface area contributed by atoms with E-state index >= 15 is 0 Å². The van der Waals surface area contributed by atoms with Gasteiger partial charge in [0.25, 0.3) is 5.91 Å². The molecular weight excluding hydrogens is 356 g/mol.